The predicted molar refractivity (Wildman–Crippen MR) is 87.3 cm³/mol. The van der Waals surface area contributed by atoms with Crippen molar-refractivity contribution >= 4 is 11.6 Å². The van der Waals surface area contributed by atoms with E-state index in [0.717, 1.165) is 6.54 Å². The van der Waals surface area contributed by atoms with E-state index in [-0.39, 0.29) is 5.82 Å². The van der Waals surface area contributed by atoms with Crippen molar-refractivity contribution in [2.75, 3.05) is 18.4 Å². The molecule has 2 rings (SSSR count). The van der Waals surface area contributed by atoms with E-state index in [9.17, 15) is 10.1 Å². The fourth-order valence-corrected chi connectivity index (χ4v) is 3.18. The van der Waals surface area contributed by atoms with Gasteiger partial charge in [0.1, 0.15) is 0 Å². The predicted octanol–water partition coefficient (Wildman–Crippen LogP) is 2.84. The van der Waals surface area contributed by atoms with E-state index < -0.39 is 4.92 Å². The number of aromatic nitrogens is 2. The van der Waals surface area contributed by atoms with Gasteiger partial charge >= 0.3 is 5.82 Å². The van der Waals surface area contributed by atoms with Gasteiger partial charge in [-0.25, -0.2) is 0 Å². The second kappa shape index (κ2) is 8.12. The maximum Gasteiger partial charge on any atom is 0.406 e. The van der Waals surface area contributed by atoms with Crippen LogP contribution in [0.5, 0.6) is 0 Å². The summed E-state index contributed by atoms with van der Waals surface area (Å²) in [6.45, 7) is 5.92. The molecule has 0 saturated heterocycles. The molecule has 1 aromatic heterocycles. The highest BCUT2D eigenvalue weighted by Crippen LogP contribution is 2.24. The number of nitrogens with zero attached hydrogens (tertiary/aromatic N) is 3. The van der Waals surface area contributed by atoms with E-state index in [0.29, 0.717) is 30.8 Å². The molecule has 124 valence electrons. The Balaban J connectivity index is 1.87. The van der Waals surface area contributed by atoms with E-state index in [2.05, 4.69) is 15.6 Å². The second-order valence-electron chi connectivity index (χ2n) is 5.90. The minimum atomic E-state index is -0.416. The molecule has 0 aliphatic heterocycles. The van der Waals surface area contributed by atoms with Crippen molar-refractivity contribution in [2.45, 2.75) is 65.0 Å². The molecule has 0 atom stereocenters. The summed E-state index contributed by atoms with van der Waals surface area (Å²) in [6, 6.07) is 0.595. The number of hydrogen-bond donors (Lipinski definition) is 2. The summed E-state index contributed by atoms with van der Waals surface area (Å²) in [5, 5.41) is 17.8. The molecule has 0 radical (unpaired) electrons. The summed E-state index contributed by atoms with van der Waals surface area (Å²) in [5.74, 6) is 1.12. The van der Waals surface area contributed by atoms with Gasteiger partial charge in [-0.1, -0.05) is 25.7 Å². The summed E-state index contributed by atoms with van der Waals surface area (Å²) in [7, 11) is 0. The molecular weight excluding hydrogens is 282 g/mol. The highest BCUT2D eigenvalue weighted by molar-refractivity contribution is 5.53. The van der Waals surface area contributed by atoms with Crippen LogP contribution in [0.1, 0.15) is 51.3 Å². The molecule has 7 heteroatoms. The SMILES string of the molecule is CCn1c(C)nc([N+](=O)[O-])c1NCCNC1CCCCCC1. The fraction of sp³-hybridized carbons (Fsp3) is 0.800. The number of hydrogen-bond acceptors (Lipinski definition) is 5. The molecule has 0 unspecified atom stereocenters. The van der Waals surface area contributed by atoms with Gasteiger partial charge in [0.25, 0.3) is 0 Å². The van der Waals surface area contributed by atoms with Gasteiger partial charge in [-0.3, -0.25) is 4.57 Å². The van der Waals surface area contributed by atoms with Crippen molar-refractivity contribution in [3.63, 3.8) is 0 Å². The minimum Gasteiger partial charge on any atom is -0.363 e. The summed E-state index contributed by atoms with van der Waals surface area (Å²) < 4.78 is 1.85. The molecule has 0 bridgehead atoms. The number of aryl methyl sites for hydroxylation is 1. The quantitative estimate of drug-likeness (QED) is 0.350. The zero-order valence-electron chi connectivity index (χ0n) is 13.6. The fourth-order valence-electron chi connectivity index (χ4n) is 3.18. The van der Waals surface area contributed by atoms with Gasteiger partial charge in [0.15, 0.2) is 0 Å². The highest BCUT2D eigenvalue weighted by atomic mass is 16.6. The smallest absolute Gasteiger partial charge is 0.363 e. The Labute approximate surface area is 131 Å². The Morgan fingerprint density at radius 3 is 2.55 bits per heavy atom. The van der Waals surface area contributed by atoms with Crippen molar-refractivity contribution in [2.24, 2.45) is 0 Å². The van der Waals surface area contributed by atoms with E-state index >= 15 is 0 Å². The van der Waals surface area contributed by atoms with Crippen LogP contribution in [0.15, 0.2) is 0 Å². The first kappa shape index (κ1) is 16.7. The lowest BCUT2D eigenvalue weighted by molar-refractivity contribution is -0.388. The van der Waals surface area contributed by atoms with Crippen molar-refractivity contribution in [1.82, 2.24) is 14.9 Å². The second-order valence-corrected chi connectivity index (χ2v) is 5.90. The first-order valence-electron chi connectivity index (χ1n) is 8.32. The third-order valence-corrected chi connectivity index (χ3v) is 4.33. The van der Waals surface area contributed by atoms with Gasteiger partial charge in [-0.15, -0.1) is 0 Å². The maximum atomic E-state index is 11.1. The Kier molecular flexibility index (Phi) is 6.18. The number of anilines is 1. The zero-order valence-corrected chi connectivity index (χ0v) is 13.6. The van der Waals surface area contributed by atoms with Crippen LogP contribution in [-0.4, -0.2) is 33.6 Å². The van der Waals surface area contributed by atoms with Crippen LogP contribution >= 0.6 is 0 Å². The van der Waals surface area contributed by atoms with Gasteiger partial charge in [0.05, 0.1) is 0 Å². The molecule has 7 nitrogen and oxygen atoms in total. The Morgan fingerprint density at radius 2 is 1.95 bits per heavy atom. The molecule has 1 aliphatic rings. The van der Waals surface area contributed by atoms with Crippen molar-refractivity contribution in [3.8, 4) is 0 Å². The lowest BCUT2D eigenvalue weighted by atomic mass is 10.1. The van der Waals surface area contributed by atoms with E-state index in [1.807, 2.05) is 11.5 Å². The summed E-state index contributed by atoms with van der Waals surface area (Å²) in [5.41, 5.74) is 0. The van der Waals surface area contributed by atoms with Crippen LogP contribution in [0.25, 0.3) is 0 Å². The first-order valence-corrected chi connectivity index (χ1v) is 8.32. The van der Waals surface area contributed by atoms with Crippen LogP contribution in [0, 0.1) is 17.0 Å². The maximum absolute atomic E-state index is 11.1. The summed E-state index contributed by atoms with van der Waals surface area (Å²) in [4.78, 5) is 14.7. The molecule has 22 heavy (non-hydrogen) atoms. The topological polar surface area (TPSA) is 85.0 Å². The molecular formula is C15H27N5O2. The molecule has 1 aliphatic carbocycles. The lowest BCUT2D eigenvalue weighted by Crippen LogP contribution is -2.32. The Morgan fingerprint density at radius 1 is 1.27 bits per heavy atom. The van der Waals surface area contributed by atoms with E-state index in [1.54, 1.807) is 6.92 Å². The summed E-state index contributed by atoms with van der Waals surface area (Å²) in [6.07, 6.45) is 7.78. The minimum absolute atomic E-state index is 0.0752. The Bertz CT molecular complexity index is 492. The number of rotatable bonds is 7. The monoisotopic (exact) mass is 309 g/mol. The van der Waals surface area contributed by atoms with Crippen LogP contribution in [-0.2, 0) is 6.54 Å². The van der Waals surface area contributed by atoms with Crippen LogP contribution in [0.3, 0.4) is 0 Å². The number of imidazole rings is 1. The van der Waals surface area contributed by atoms with Crippen molar-refractivity contribution in [3.05, 3.63) is 15.9 Å². The third kappa shape index (κ3) is 4.19. The van der Waals surface area contributed by atoms with Crippen LogP contribution in [0.2, 0.25) is 0 Å². The Hall–Kier alpha value is -1.63. The normalized spacial score (nSPS) is 16.5. The molecule has 1 fully saturated rings. The molecule has 1 saturated carbocycles. The van der Waals surface area contributed by atoms with Crippen molar-refractivity contribution in [1.29, 1.82) is 0 Å². The average Bonchev–Trinajstić information content (AvgIpc) is 2.66. The van der Waals surface area contributed by atoms with Gasteiger partial charge < -0.3 is 20.7 Å². The average molecular weight is 309 g/mol. The molecule has 0 aromatic carbocycles. The first-order chi connectivity index (χ1) is 10.6. The highest BCUT2D eigenvalue weighted by Gasteiger charge is 2.24. The van der Waals surface area contributed by atoms with Crippen molar-refractivity contribution < 1.29 is 4.92 Å². The molecule has 1 heterocycles. The van der Waals surface area contributed by atoms with Gasteiger partial charge in [-0.05, 0) is 29.7 Å². The zero-order chi connectivity index (χ0) is 15.9. The standard InChI is InChI=1S/C15H27N5O2/c1-3-19-12(2)18-15(20(21)22)14(19)17-11-10-16-13-8-6-4-5-7-9-13/h13,16-17H,3-11H2,1-2H3. The summed E-state index contributed by atoms with van der Waals surface area (Å²) >= 11 is 0. The molecule has 0 spiro atoms. The molecule has 1 aromatic rings. The molecule has 0 amide bonds. The van der Waals surface area contributed by atoms with Gasteiger partial charge in [-0.2, -0.15) is 0 Å². The lowest BCUT2D eigenvalue weighted by Gasteiger charge is -2.16. The largest absolute Gasteiger partial charge is 0.406 e. The van der Waals surface area contributed by atoms with E-state index in [4.69, 9.17) is 0 Å². The third-order valence-electron chi connectivity index (χ3n) is 4.33. The van der Waals surface area contributed by atoms with E-state index in [1.165, 1.54) is 38.5 Å². The number of nitrogens with one attached hydrogen (secondary N) is 2. The van der Waals surface area contributed by atoms with Crippen LogP contribution in [0.4, 0.5) is 11.6 Å². The van der Waals surface area contributed by atoms with Crippen LogP contribution < -0.4 is 10.6 Å². The van der Waals surface area contributed by atoms with Gasteiger partial charge in [0, 0.05) is 32.6 Å². The molecule has 2 N–H and O–H groups in total. The van der Waals surface area contributed by atoms with Gasteiger partial charge in [0.2, 0.25) is 11.6 Å². The number of nitro groups is 1.